The van der Waals surface area contributed by atoms with Gasteiger partial charge in [-0.3, -0.25) is 0 Å². The van der Waals surface area contributed by atoms with Crippen LogP contribution in [0, 0.1) is 12.8 Å². The van der Waals surface area contributed by atoms with Gasteiger partial charge in [0, 0.05) is 32.9 Å². The molecule has 0 amide bonds. The molecule has 0 aliphatic heterocycles. The Hall–Kier alpha value is -1.11. The fourth-order valence-electron chi connectivity index (χ4n) is 1.90. The summed E-state index contributed by atoms with van der Waals surface area (Å²) in [5.74, 6) is 0.105. The summed E-state index contributed by atoms with van der Waals surface area (Å²) in [6.45, 7) is 4.24. The normalized spacial score (nSPS) is 13.2. The van der Waals surface area contributed by atoms with E-state index in [0.717, 1.165) is 11.3 Å². The molecule has 5 nitrogen and oxygen atoms in total. The highest BCUT2D eigenvalue weighted by Gasteiger charge is 2.16. The molecule has 114 valence electrons. The quantitative estimate of drug-likeness (QED) is 0.798. The van der Waals surface area contributed by atoms with Crippen LogP contribution in [0.1, 0.15) is 18.9 Å². The fourth-order valence-corrected chi connectivity index (χ4v) is 3.08. The molecule has 20 heavy (non-hydrogen) atoms. The maximum absolute atomic E-state index is 12.2. The molecule has 0 aliphatic rings. The van der Waals surface area contributed by atoms with Gasteiger partial charge in [0.25, 0.3) is 0 Å². The molecule has 1 rings (SSSR count). The van der Waals surface area contributed by atoms with Crippen LogP contribution in [0.3, 0.4) is 0 Å². The zero-order valence-corrected chi connectivity index (χ0v) is 13.4. The predicted octanol–water partition coefficient (Wildman–Crippen LogP) is 1.36. The van der Waals surface area contributed by atoms with Crippen LogP contribution >= 0.6 is 0 Å². The van der Waals surface area contributed by atoms with Crippen LogP contribution in [-0.2, 0) is 10.0 Å². The van der Waals surface area contributed by atoms with Crippen molar-refractivity contribution in [2.45, 2.75) is 25.2 Å². The largest absolute Gasteiger partial charge is 0.396 e. The molecule has 6 heteroatoms. The van der Waals surface area contributed by atoms with Crippen LogP contribution in [0.2, 0.25) is 0 Å². The summed E-state index contributed by atoms with van der Waals surface area (Å²) in [5.41, 5.74) is 1.92. The van der Waals surface area contributed by atoms with Gasteiger partial charge in [0.2, 0.25) is 10.0 Å². The third-order valence-corrected chi connectivity index (χ3v) is 4.64. The topological polar surface area (TPSA) is 69.6 Å². The van der Waals surface area contributed by atoms with Gasteiger partial charge >= 0.3 is 0 Å². The van der Waals surface area contributed by atoms with Crippen molar-refractivity contribution in [3.05, 3.63) is 23.8 Å². The lowest BCUT2D eigenvalue weighted by atomic mass is 10.1. The van der Waals surface area contributed by atoms with E-state index in [1.165, 1.54) is 0 Å². The van der Waals surface area contributed by atoms with Gasteiger partial charge in [0.1, 0.15) is 0 Å². The molecule has 2 N–H and O–H groups in total. The van der Waals surface area contributed by atoms with E-state index < -0.39 is 10.0 Å². The molecular weight excluding hydrogens is 276 g/mol. The lowest BCUT2D eigenvalue weighted by Gasteiger charge is -2.17. The van der Waals surface area contributed by atoms with Gasteiger partial charge in [0.05, 0.1) is 4.90 Å². The van der Waals surface area contributed by atoms with Gasteiger partial charge in [-0.05, 0) is 37.0 Å². The average Bonchev–Trinajstić information content (AvgIpc) is 2.37. The van der Waals surface area contributed by atoms with E-state index in [1.54, 1.807) is 18.2 Å². The Kier molecular flexibility index (Phi) is 5.98. The summed E-state index contributed by atoms with van der Waals surface area (Å²) in [6.07, 6.45) is 0.583. The predicted molar refractivity (Wildman–Crippen MR) is 81.6 cm³/mol. The Balaban J connectivity index is 2.90. The first-order valence-electron chi connectivity index (χ1n) is 6.66. The lowest BCUT2D eigenvalue weighted by molar-refractivity contribution is 0.263. The standard InChI is InChI=1S/C14H24N2O3S/c1-11(7-8-17)10-15-20(18,19)13-6-5-12(2)14(9-13)16(3)4/h5-6,9,11,15,17H,7-8,10H2,1-4H3. The average molecular weight is 300 g/mol. The van der Waals surface area contributed by atoms with Crippen molar-refractivity contribution in [3.8, 4) is 0 Å². The molecule has 0 saturated heterocycles. The van der Waals surface area contributed by atoms with Gasteiger partial charge in [-0.2, -0.15) is 0 Å². The number of hydrogen-bond donors (Lipinski definition) is 2. The van der Waals surface area contributed by atoms with Crippen LogP contribution in [0.5, 0.6) is 0 Å². The smallest absolute Gasteiger partial charge is 0.240 e. The highest BCUT2D eigenvalue weighted by atomic mass is 32.2. The minimum Gasteiger partial charge on any atom is -0.396 e. The molecule has 0 saturated carbocycles. The summed E-state index contributed by atoms with van der Waals surface area (Å²) in [6, 6.07) is 5.09. The molecule has 1 aromatic rings. The molecule has 1 atom stereocenters. The summed E-state index contributed by atoms with van der Waals surface area (Å²) < 4.78 is 27.1. The Labute approximate surface area is 121 Å². The first-order chi connectivity index (χ1) is 9.27. The van der Waals surface area contributed by atoms with Crippen molar-refractivity contribution in [3.63, 3.8) is 0 Å². The van der Waals surface area contributed by atoms with Crippen LogP contribution in [0.4, 0.5) is 5.69 Å². The zero-order valence-electron chi connectivity index (χ0n) is 12.5. The third kappa shape index (κ3) is 4.47. The molecule has 0 aromatic heterocycles. The van der Waals surface area contributed by atoms with E-state index in [4.69, 9.17) is 5.11 Å². The maximum atomic E-state index is 12.2. The van der Waals surface area contributed by atoms with Crippen molar-refractivity contribution in [1.29, 1.82) is 0 Å². The third-order valence-electron chi connectivity index (χ3n) is 3.22. The highest BCUT2D eigenvalue weighted by molar-refractivity contribution is 7.89. The minimum absolute atomic E-state index is 0.0677. The van der Waals surface area contributed by atoms with Crippen molar-refractivity contribution in [2.24, 2.45) is 5.92 Å². The summed E-state index contributed by atoms with van der Waals surface area (Å²) in [7, 11) is 0.264. The van der Waals surface area contributed by atoms with Gasteiger partial charge in [-0.1, -0.05) is 13.0 Å². The molecule has 0 fully saturated rings. The van der Waals surface area contributed by atoms with Gasteiger partial charge in [-0.25, -0.2) is 13.1 Å². The van der Waals surface area contributed by atoms with Gasteiger partial charge in [0.15, 0.2) is 0 Å². The summed E-state index contributed by atoms with van der Waals surface area (Å²) in [4.78, 5) is 2.16. The first-order valence-corrected chi connectivity index (χ1v) is 8.14. The van der Waals surface area contributed by atoms with E-state index in [9.17, 15) is 8.42 Å². The van der Waals surface area contributed by atoms with Gasteiger partial charge < -0.3 is 10.0 Å². The second kappa shape index (κ2) is 7.06. The van der Waals surface area contributed by atoms with E-state index in [2.05, 4.69) is 4.72 Å². The fraction of sp³-hybridized carbons (Fsp3) is 0.571. The lowest BCUT2D eigenvalue weighted by Crippen LogP contribution is -2.29. The van der Waals surface area contributed by atoms with E-state index in [1.807, 2.05) is 32.8 Å². The molecule has 0 aliphatic carbocycles. The van der Waals surface area contributed by atoms with Crippen LogP contribution in [0.15, 0.2) is 23.1 Å². The molecule has 0 radical (unpaired) electrons. The summed E-state index contributed by atoms with van der Waals surface area (Å²) in [5, 5.41) is 8.83. The SMILES string of the molecule is Cc1ccc(S(=O)(=O)NCC(C)CCO)cc1N(C)C. The van der Waals surface area contributed by atoms with Crippen LogP contribution < -0.4 is 9.62 Å². The molecule has 0 bridgehead atoms. The number of benzene rings is 1. The second-order valence-electron chi connectivity index (χ2n) is 5.31. The number of aryl methyl sites for hydroxylation is 1. The molecular formula is C14H24N2O3S. The number of rotatable bonds is 7. The Morgan fingerprint density at radius 1 is 1.35 bits per heavy atom. The molecule has 1 aromatic carbocycles. The minimum atomic E-state index is -3.50. The number of nitrogens with one attached hydrogen (secondary N) is 1. The number of aliphatic hydroxyl groups excluding tert-OH is 1. The second-order valence-corrected chi connectivity index (χ2v) is 7.08. The van der Waals surface area contributed by atoms with Crippen molar-refractivity contribution >= 4 is 15.7 Å². The van der Waals surface area contributed by atoms with E-state index in [0.29, 0.717) is 13.0 Å². The number of hydrogen-bond acceptors (Lipinski definition) is 4. The first kappa shape index (κ1) is 16.9. The van der Waals surface area contributed by atoms with E-state index in [-0.39, 0.29) is 17.4 Å². The number of anilines is 1. The summed E-state index contributed by atoms with van der Waals surface area (Å²) >= 11 is 0. The monoisotopic (exact) mass is 300 g/mol. The highest BCUT2D eigenvalue weighted by Crippen LogP contribution is 2.22. The molecule has 0 spiro atoms. The number of nitrogens with zero attached hydrogens (tertiary/aromatic N) is 1. The molecule has 1 unspecified atom stereocenters. The van der Waals surface area contributed by atoms with Crippen molar-refractivity contribution in [1.82, 2.24) is 4.72 Å². The zero-order chi connectivity index (χ0) is 15.3. The molecule has 0 heterocycles. The Morgan fingerprint density at radius 3 is 2.55 bits per heavy atom. The van der Waals surface area contributed by atoms with Crippen LogP contribution in [-0.4, -0.2) is 40.8 Å². The number of sulfonamides is 1. The van der Waals surface area contributed by atoms with Crippen LogP contribution in [0.25, 0.3) is 0 Å². The number of aliphatic hydroxyl groups is 1. The van der Waals surface area contributed by atoms with Crippen molar-refractivity contribution < 1.29 is 13.5 Å². The van der Waals surface area contributed by atoms with E-state index >= 15 is 0 Å². The van der Waals surface area contributed by atoms with Gasteiger partial charge in [-0.15, -0.1) is 0 Å². The van der Waals surface area contributed by atoms with Crippen molar-refractivity contribution in [2.75, 3.05) is 32.1 Å². The Morgan fingerprint density at radius 2 is 2.00 bits per heavy atom. The maximum Gasteiger partial charge on any atom is 0.240 e. The Bertz CT molecular complexity index is 541.